The third-order valence-corrected chi connectivity index (χ3v) is 1.55. The summed E-state index contributed by atoms with van der Waals surface area (Å²) in [5, 5.41) is 8.24. The second-order valence-electron chi connectivity index (χ2n) is 2.58. The van der Waals surface area contributed by atoms with E-state index in [1.807, 2.05) is 0 Å². The summed E-state index contributed by atoms with van der Waals surface area (Å²) >= 11 is 0. The van der Waals surface area contributed by atoms with Crippen molar-refractivity contribution in [2.24, 2.45) is 11.8 Å². The van der Waals surface area contributed by atoms with E-state index in [4.69, 9.17) is 5.26 Å². The molecule has 0 N–H and O–H groups in total. The first-order chi connectivity index (χ1) is 3.68. The summed E-state index contributed by atoms with van der Waals surface area (Å²) in [6, 6.07) is 2.15. The van der Waals surface area contributed by atoms with Crippen LogP contribution in [-0.4, -0.2) is 0 Å². The highest BCUT2D eigenvalue weighted by molar-refractivity contribution is 4.74. The fourth-order valence-corrected chi connectivity index (χ4v) is 0.380. The molecule has 0 unspecified atom stereocenters. The van der Waals surface area contributed by atoms with Crippen LogP contribution in [0.3, 0.4) is 0 Å². The number of rotatable bonds is 2. The maximum Gasteiger partial charge on any atom is 0.0624 e. The Morgan fingerprint density at radius 1 is 1.38 bits per heavy atom. The zero-order valence-corrected chi connectivity index (χ0v) is 5.81. The molecular formula is C7H13N. The second kappa shape index (κ2) is 3.49. The van der Waals surface area contributed by atoms with E-state index < -0.39 is 0 Å². The molecular weight excluding hydrogens is 98.1 g/mol. The molecule has 0 aliphatic rings. The Kier molecular flexibility index (Phi) is 3.26. The normalized spacial score (nSPS) is 13.4. The van der Waals surface area contributed by atoms with Crippen LogP contribution in [0.15, 0.2) is 0 Å². The van der Waals surface area contributed by atoms with Gasteiger partial charge in [-0.05, 0) is 11.8 Å². The van der Waals surface area contributed by atoms with Crippen LogP contribution < -0.4 is 0 Å². The average molecular weight is 111 g/mol. The van der Waals surface area contributed by atoms with Crippen molar-refractivity contribution >= 4 is 0 Å². The van der Waals surface area contributed by atoms with E-state index in [9.17, 15) is 0 Å². The van der Waals surface area contributed by atoms with E-state index in [1.165, 1.54) is 0 Å². The molecule has 1 heteroatoms. The molecule has 0 saturated heterocycles. The van der Waals surface area contributed by atoms with Gasteiger partial charge in [-0.15, -0.1) is 0 Å². The van der Waals surface area contributed by atoms with Crippen molar-refractivity contribution < 1.29 is 0 Å². The molecule has 0 heterocycles. The van der Waals surface area contributed by atoms with Crippen molar-refractivity contribution in [1.82, 2.24) is 0 Å². The highest BCUT2D eigenvalue weighted by Crippen LogP contribution is 2.11. The summed E-state index contributed by atoms with van der Waals surface area (Å²) in [5.41, 5.74) is 0. The first-order valence-corrected chi connectivity index (χ1v) is 3.05. The van der Waals surface area contributed by atoms with Crippen LogP contribution in [0, 0.1) is 23.2 Å². The van der Waals surface area contributed by atoms with Gasteiger partial charge in [-0.3, -0.25) is 0 Å². The molecule has 0 amide bonds. The number of nitrogens with zero attached hydrogens (tertiary/aromatic N) is 1. The molecule has 0 aromatic heterocycles. The number of nitriles is 1. The fourth-order valence-electron chi connectivity index (χ4n) is 0.380. The Morgan fingerprint density at radius 3 is 2.00 bits per heavy atom. The minimum absolute atomic E-state index is 0.556. The van der Waals surface area contributed by atoms with Gasteiger partial charge in [0.1, 0.15) is 0 Å². The van der Waals surface area contributed by atoms with E-state index in [0.717, 1.165) is 0 Å². The number of hydrogen-bond donors (Lipinski definition) is 0. The van der Waals surface area contributed by atoms with Gasteiger partial charge in [0.25, 0.3) is 0 Å². The third-order valence-electron chi connectivity index (χ3n) is 1.55. The second-order valence-corrected chi connectivity index (χ2v) is 2.58. The molecule has 0 aliphatic carbocycles. The fraction of sp³-hybridized carbons (Fsp3) is 0.857. The summed E-state index contributed by atoms with van der Waals surface area (Å²) in [4.78, 5) is 0. The SMILES string of the molecule is CC(C)[C@@H](C)CC#N. The van der Waals surface area contributed by atoms with Crippen LogP contribution in [0.2, 0.25) is 0 Å². The lowest BCUT2D eigenvalue weighted by atomic mass is 9.96. The van der Waals surface area contributed by atoms with Crippen molar-refractivity contribution in [3.05, 3.63) is 0 Å². The van der Waals surface area contributed by atoms with Crippen LogP contribution >= 0.6 is 0 Å². The van der Waals surface area contributed by atoms with E-state index in [2.05, 4.69) is 26.8 Å². The highest BCUT2D eigenvalue weighted by atomic mass is 14.2. The molecule has 0 aromatic rings. The molecule has 0 spiro atoms. The van der Waals surface area contributed by atoms with Gasteiger partial charge in [0, 0.05) is 6.42 Å². The van der Waals surface area contributed by atoms with Crippen molar-refractivity contribution in [2.45, 2.75) is 27.2 Å². The Hall–Kier alpha value is -0.510. The lowest BCUT2D eigenvalue weighted by Gasteiger charge is -2.09. The van der Waals surface area contributed by atoms with Crippen LogP contribution in [-0.2, 0) is 0 Å². The number of hydrogen-bond acceptors (Lipinski definition) is 1. The highest BCUT2D eigenvalue weighted by Gasteiger charge is 2.04. The molecule has 8 heavy (non-hydrogen) atoms. The quantitative estimate of drug-likeness (QED) is 0.536. The molecule has 1 atom stereocenters. The minimum Gasteiger partial charge on any atom is -0.198 e. The van der Waals surface area contributed by atoms with Crippen molar-refractivity contribution in [1.29, 1.82) is 5.26 Å². The molecule has 0 rings (SSSR count). The summed E-state index contributed by atoms with van der Waals surface area (Å²) < 4.78 is 0. The van der Waals surface area contributed by atoms with Gasteiger partial charge >= 0.3 is 0 Å². The average Bonchev–Trinajstić information content (AvgIpc) is 1.67. The predicted octanol–water partition coefficient (Wildman–Crippen LogP) is 2.19. The first-order valence-electron chi connectivity index (χ1n) is 3.05. The molecule has 0 aromatic carbocycles. The van der Waals surface area contributed by atoms with Gasteiger partial charge in [0.05, 0.1) is 6.07 Å². The van der Waals surface area contributed by atoms with Crippen LogP contribution in [0.1, 0.15) is 27.2 Å². The smallest absolute Gasteiger partial charge is 0.0624 e. The Balaban J connectivity index is 3.35. The summed E-state index contributed by atoms with van der Waals surface area (Å²) in [7, 11) is 0. The Labute approximate surface area is 51.3 Å². The van der Waals surface area contributed by atoms with E-state index >= 15 is 0 Å². The molecule has 1 nitrogen and oxygen atoms in total. The van der Waals surface area contributed by atoms with Crippen LogP contribution in [0.5, 0.6) is 0 Å². The van der Waals surface area contributed by atoms with Gasteiger partial charge in [-0.1, -0.05) is 20.8 Å². The minimum atomic E-state index is 0.556. The van der Waals surface area contributed by atoms with E-state index in [-0.39, 0.29) is 0 Å². The zero-order valence-electron chi connectivity index (χ0n) is 5.81. The maximum absolute atomic E-state index is 8.24. The van der Waals surface area contributed by atoms with Gasteiger partial charge in [0.15, 0.2) is 0 Å². The third kappa shape index (κ3) is 2.63. The molecule has 0 radical (unpaired) electrons. The van der Waals surface area contributed by atoms with Crippen molar-refractivity contribution in [3.63, 3.8) is 0 Å². The van der Waals surface area contributed by atoms with Gasteiger partial charge in [-0.25, -0.2) is 0 Å². The Morgan fingerprint density at radius 2 is 1.88 bits per heavy atom. The zero-order chi connectivity index (χ0) is 6.57. The summed E-state index contributed by atoms with van der Waals surface area (Å²) in [6.45, 7) is 6.39. The maximum atomic E-state index is 8.24. The van der Waals surface area contributed by atoms with Gasteiger partial charge in [0.2, 0.25) is 0 Å². The molecule has 46 valence electrons. The molecule has 0 saturated carbocycles. The summed E-state index contributed by atoms with van der Waals surface area (Å²) in [6.07, 6.45) is 0.692. The molecule has 0 aliphatic heterocycles. The standard InChI is InChI=1S/C7H13N/c1-6(2)7(3)4-5-8/h6-7H,4H2,1-3H3/t7-/m0/s1. The Bertz CT molecular complexity index is 89.1. The largest absolute Gasteiger partial charge is 0.198 e. The van der Waals surface area contributed by atoms with Gasteiger partial charge < -0.3 is 0 Å². The van der Waals surface area contributed by atoms with Crippen molar-refractivity contribution in [2.75, 3.05) is 0 Å². The molecule has 0 bridgehead atoms. The van der Waals surface area contributed by atoms with Crippen molar-refractivity contribution in [3.8, 4) is 6.07 Å². The van der Waals surface area contributed by atoms with Crippen LogP contribution in [0.25, 0.3) is 0 Å². The monoisotopic (exact) mass is 111 g/mol. The first kappa shape index (κ1) is 7.49. The van der Waals surface area contributed by atoms with Crippen LogP contribution in [0.4, 0.5) is 0 Å². The lowest BCUT2D eigenvalue weighted by molar-refractivity contribution is 0.427. The van der Waals surface area contributed by atoms with E-state index in [1.54, 1.807) is 0 Å². The van der Waals surface area contributed by atoms with E-state index in [0.29, 0.717) is 18.3 Å². The topological polar surface area (TPSA) is 23.8 Å². The molecule has 0 fully saturated rings. The lowest BCUT2D eigenvalue weighted by Crippen LogP contribution is -2.01. The predicted molar refractivity (Wildman–Crippen MR) is 34.2 cm³/mol. The van der Waals surface area contributed by atoms with Gasteiger partial charge in [-0.2, -0.15) is 5.26 Å². The summed E-state index contributed by atoms with van der Waals surface area (Å²) in [5.74, 6) is 1.20.